The van der Waals surface area contributed by atoms with E-state index in [0.29, 0.717) is 0 Å². The van der Waals surface area contributed by atoms with E-state index in [4.69, 9.17) is 4.74 Å². The van der Waals surface area contributed by atoms with Gasteiger partial charge in [0, 0.05) is 16.2 Å². The lowest BCUT2D eigenvalue weighted by Crippen LogP contribution is -2.27. The molecule has 1 amide bonds. The average molecular weight is 350 g/mol. The van der Waals surface area contributed by atoms with Crippen LogP contribution >= 0.6 is 15.9 Å². The Kier molecular flexibility index (Phi) is 4.57. The van der Waals surface area contributed by atoms with Gasteiger partial charge in [-0.2, -0.15) is 0 Å². The fourth-order valence-corrected chi connectivity index (χ4v) is 2.02. The summed E-state index contributed by atoms with van der Waals surface area (Å²) in [4.78, 5) is 20.0. The first-order valence-corrected chi connectivity index (χ1v) is 7.22. The maximum atomic E-state index is 11.7. The first-order chi connectivity index (χ1) is 9.83. The molecule has 6 heteroatoms. The van der Waals surface area contributed by atoms with Crippen LogP contribution in [0.25, 0.3) is 11.3 Å². The molecular formula is C15H16BrN3O2. The number of anilines is 1. The van der Waals surface area contributed by atoms with Crippen molar-refractivity contribution in [1.82, 2.24) is 9.97 Å². The average Bonchev–Trinajstić information content (AvgIpc) is 2.36. The number of rotatable bonds is 2. The maximum absolute atomic E-state index is 11.7. The molecule has 0 aliphatic rings. The molecule has 0 saturated carbocycles. The molecule has 1 heterocycles. The van der Waals surface area contributed by atoms with E-state index in [-0.39, 0.29) is 5.95 Å². The summed E-state index contributed by atoms with van der Waals surface area (Å²) in [7, 11) is 0. The first-order valence-electron chi connectivity index (χ1n) is 6.42. The van der Waals surface area contributed by atoms with Gasteiger partial charge in [-0.05, 0) is 39.0 Å². The lowest BCUT2D eigenvalue weighted by atomic mass is 10.1. The van der Waals surface area contributed by atoms with Crippen LogP contribution in [0.1, 0.15) is 20.8 Å². The fourth-order valence-electron chi connectivity index (χ4n) is 1.62. The fraction of sp³-hybridized carbons (Fsp3) is 0.267. The third-order valence-electron chi connectivity index (χ3n) is 2.39. The van der Waals surface area contributed by atoms with E-state index in [9.17, 15) is 4.79 Å². The second-order valence-corrected chi connectivity index (χ2v) is 6.32. The van der Waals surface area contributed by atoms with Crippen molar-refractivity contribution in [3.63, 3.8) is 0 Å². The van der Waals surface area contributed by atoms with Crippen LogP contribution < -0.4 is 5.32 Å². The summed E-state index contributed by atoms with van der Waals surface area (Å²) in [5, 5.41) is 2.53. The van der Waals surface area contributed by atoms with Gasteiger partial charge in [0.1, 0.15) is 5.60 Å². The number of benzene rings is 1. The normalized spacial score (nSPS) is 11.0. The molecule has 0 atom stereocenters. The van der Waals surface area contributed by atoms with E-state index in [2.05, 4.69) is 31.2 Å². The molecule has 0 aliphatic heterocycles. The Bertz CT molecular complexity index is 653. The van der Waals surface area contributed by atoms with Gasteiger partial charge in [-0.15, -0.1) is 0 Å². The molecule has 2 rings (SSSR count). The zero-order valence-electron chi connectivity index (χ0n) is 12.1. The summed E-state index contributed by atoms with van der Waals surface area (Å²) < 4.78 is 6.13. The van der Waals surface area contributed by atoms with Crippen molar-refractivity contribution in [2.24, 2.45) is 0 Å². The van der Waals surface area contributed by atoms with Gasteiger partial charge in [-0.3, -0.25) is 5.32 Å². The van der Waals surface area contributed by atoms with Crippen LogP contribution in [0, 0.1) is 0 Å². The molecule has 1 aromatic carbocycles. The van der Waals surface area contributed by atoms with Gasteiger partial charge in [0.15, 0.2) is 0 Å². The first kappa shape index (κ1) is 15.4. The molecule has 0 fully saturated rings. The number of aromatic nitrogens is 2. The lowest BCUT2D eigenvalue weighted by molar-refractivity contribution is 0.0634. The largest absolute Gasteiger partial charge is 0.444 e. The van der Waals surface area contributed by atoms with Crippen LogP contribution in [0.4, 0.5) is 10.7 Å². The minimum atomic E-state index is -0.575. The van der Waals surface area contributed by atoms with Crippen molar-refractivity contribution in [2.45, 2.75) is 26.4 Å². The Morgan fingerprint density at radius 2 is 2.05 bits per heavy atom. The predicted molar refractivity (Wildman–Crippen MR) is 85.0 cm³/mol. The molecular weight excluding hydrogens is 334 g/mol. The van der Waals surface area contributed by atoms with Gasteiger partial charge in [-0.25, -0.2) is 14.8 Å². The van der Waals surface area contributed by atoms with E-state index in [1.807, 2.05) is 24.3 Å². The standard InChI is InChI=1S/C15H16BrN3O2/c1-15(2,3)21-14(20)19-13-17-8-7-12(18-13)10-5-4-6-11(16)9-10/h4-9H,1-3H3,(H,17,18,19,20). The zero-order chi connectivity index (χ0) is 15.5. The van der Waals surface area contributed by atoms with Crippen molar-refractivity contribution < 1.29 is 9.53 Å². The van der Waals surface area contributed by atoms with Crippen LogP contribution in [-0.4, -0.2) is 21.7 Å². The number of ether oxygens (including phenoxy) is 1. The molecule has 0 saturated heterocycles. The highest BCUT2D eigenvalue weighted by atomic mass is 79.9. The summed E-state index contributed by atoms with van der Waals surface area (Å²) >= 11 is 3.42. The van der Waals surface area contributed by atoms with Crippen LogP contribution in [0.5, 0.6) is 0 Å². The highest BCUT2D eigenvalue weighted by molar-refractivity contribution is 9.10. The Morgan fingerprint density at radius 3 is 2.71 bits per heavy atom. The smallest absolute Gasteiger partial charge is 0.414 e. The number of nitrogens with zero attached hydrogens (tertiary/aromatic N) is 2. The third kappa shape index (κ3) is 4.82. The molecule has 5 nitrogen and oxygen atoms in total. The van der Waals surface area contributed by atoms with Crippen molar-refractivity contribution in [1.29, 1.82) is 0 Å². The molecule has 0 unspecified atom stereocenters. The molecule has 1 N–H and O–H groups in total. The summed E-state index contributed by atoms with van der Waals surface area (Å²) in [6.45, 7) is 5.39. The van der Waals surface area contributed by atoms with Crippen molar-refractivity contribution in [3.05, 3.63) is 41.0 Å². The molecule has 0 bridgehead atoms. The Labute approximate surface area is 131 Å². The Morgan fingerprint density at radius 1 is 1.29 bits per heavy atom. The topological polar surface area (TPSA) is 64.1 Å². The van der Waals surface area contributed by atoms with Crippen molar-refractivity contribution >= 4 is 28.0 Å². The third-order valence-corrected chi connectivity index (χ3v) is 2.88. The zero-order valence-corrected chi connectivity index (χ0v) is 13.6. The number of carbonyl (C=O) groups excluding carboxylic acids is 1. The number of carbonyl (C=O) groups is 1. The van der Waals surface area contributed by atoms with E-state index < -0.39 is 11.7 Å². The quantitative estimate of drug-likeness (QED) is 0.879. The molecule has 0 radical (unpaired) electrons. The second-order valence-electron chi connectivity index (χ2n) is 5.40. The Hall–Kier alpha value is -1.95. The van der Waals surface area contributed by atoms with E-state index >= 15 is 0 Å². The SMILES string of the molecule is CC(C)(C)OC(=O)Nc1nccc(-c2cccc(Br)c2)n1. The van der Waals surface area contributed by atoms with Crippen molar-refractivity contribution in [2.75, 3.05) is 5.32 Å². The van der Waals surface area contributed by atoms with Crippen LogP contribution in [0.3, 0.4) is 0 Å². The molecule has 21 heavy (non-hydrogen) atoms. The summed E-state index contributed by atoms with van der Waals surface area (Å²) in [5.41, 5.74) is 1.09. The number of hydrogen-bond donors (Lipinski definition) is 1. The van der Waals surface area contributed by atoms with Crippen LogP contribution in [-0.2, 0) is 4.74 Å². The number of nitrogens with one attached hydrogen (secondary N) is 1. The summed E-state index contributed by atoms with van der Waals surface area (Å²) in [6.07, 6.45) is 1.02. The van der Waals surface area contributed by atoms with Gasteiger partial charge in [0.25, 0.3) is 0 Å². The van der Waals surface area contributed by atoms with Crippen LogP contribution in [0.2, 0.25) is 0 Å². The van der Waals surface area contributed by atoms with Crippen molar-refractivity contribution in [3.8, 4) is 11.3 Å². The minimum Gasteiger partial charge on any atom is -0.444 e. The summed E-state index contributed by atoms with van der Waals surface area (Å²) in [5.74, 6) is 0.210. The Balaban J connectivity index is 2.17. The van der Waals surface area contributed by atoms with E-state index in [0.717, 1.165) is 15.7 Å². The maximum Gasteiger partial charge on any atom is 0.414 e. The highest BCUT2D eigenvalue weighted by Gasteiger charge is 2.17. The number of halogens is 1. The monoisotopic (exact) mass is 349 g/mol. The summed E-state index contributed by atoms with van der Waals surface area (Å²) in [6, 6.07) is 9.51. The molecule has 0 aliphatic carbocycles. The van der Waals surface area contributed by atoms with E-state index in [1.54, 1.807) is 33.0 Å². The van der Waals surface area contributed by atoms with Gasteiger partial charge >= 0.3 is 6.09 Å². The van der Waals surface area contributed by atoms with Gasteiger partial charge in [0.05, 0.1) is 5.69 Å². The number of amides is 1. The molecule has 110 valence electrons. The van der Waals surface area contributed by atoms with E-state index in [1.165, 1.54) is 0 Å². The predicted octanol–water partition coefficient (Wildman–Crippen LogP) is 4.25. The van der Waals surface area contributed by atoms with Gasteiger partial charge in [0.2, 0.25) is 5.95 Å². The molecule has 0 spiro atoms. The van der Waals surface area contributed by atoms with Gasteiger partial charge in [-0.1, -0.05) is 28.1 Å². The molecule has 2 aromatic rings. The minimum absolute atomic E-state index is 0.210. The second kappa shape index (κ2) is 6.22. The lowest BCUT2D eigenvalue weighted by Gasteiger charge is -2.19. The number of hydrogen-bond acceptors (Lipinski definition) is 4. The van der Waals surface area contributed by atoms with Crippen LogP contribution in [0.15, 0.2) is 41.0 Å². The highest BCUT2D eigenvalue weighted by Crippen LogP contribution is 2.21. The molecule has 1 aromatic heterocycles. The van der Waals surface area contributed by atoms with Gasteiger partial charge < -0.3 is 4.74 Å².